The minimum absolute atomic E-state index is 0.107. The van der Waals surface area contributed by atoms with Gasteiger partial charge in [-0.1, -0.05) is 17.7 Å². The van der Waals surface area contributed by atoms with Gasteiger partial charge >= 0.3 is 0 Å². The molecule has 1 aromatic rings. The molecule has 16 heavy (non-hydrogen) atoms. The smallest absolute Gasteiger partial charge is 0.227 e. The van der Waals surface area contributed by atoms with Crippen LogP contribution in [0, 0.1) is 12.8 Å². The summed E-state index contributed by atoms with van der Waals surface area (Å²) >= 11 is 0. The molecule has 3 heteroatoms. The lowest BCUT2D eigenvalue weighted by Gasteiger charge is -2.21. The number of carbonyl (C=O) groups is 1. The molecule has 0 aromatic heterocycles. The fourth-order valence-electron chi connectivity index (χ4n) is 1.84. The number of amides is 1. The van der Waals surface area contributed by atoms with Gasteiger partial charge in [0.05, 0.1) is 0 Å². The molecule has 3 nitrogen and oxygen atoms in total. The molecule has 0 aliphatic carbocycles. The molecule has 1 N–H and O–H groups in total. The summed E-state index contributed by atoms with van der Waals surface area (Å²) in [5.74, 6) is 0.224. The first-order valence-electron chi connectivity index (χ1n) is 5.71. The van der Waals surface area contributed by atoms with Gasteiger partial charge < -0.3 is 10.1 Å². The van der Waals surface area contributed by atoms with Crippen LogP contribution in [-0.4, -0.2) is 19.1 Å². The molecule has 1 heterocycles. The third-order valence-electron chi connectivity index (χ3n) is 2.91. The van der Waals surface area contributed by atoms with E-state index in [2.05, 4.69) is 5.32 Å². The second-order valence-electron chi connectivity index (χ2n) is 4.24. The van der Waals surface area contributed by atoms with Crippen molar-refractivity contribution in [1.82, 2.24) is 0 Å². The molecule has 1 fully saturated rings. The highest BCUT2D eigenvalue weighted by molar-refractivity contribution is 5.92. The van der Waals surface area contributed by atoms with E-state index >= 15 is 0 Å². The summed E-state index contributed by atoms with van der Waals surface area (Å²) in [5.41, 5.74) is 2.08. The van der Waals surface area contributed by atoms with Crippen LogP contribution in [0.3, 0.4) is 0 Å². The number of benzene rings is 1. The molecule has 1 aliphatic heterocycles. The summed E-state index contributed by atoms with van der Waals surface area (Å²) < 4.78 is 5.24. The molecule has 0 bridgehead atoms. The van der Waals surface area contributed by atoms with E-state index in [9.17, 15) is 4.79 Å². The Morgan fingerprint density at radius 1 is 1.25 bits per heavy atom. The summed E-state index contributed by atoms with van der Waals surface area (Å²) in [6, 6.07) is 7.87. The van der Waals surface area contributed by atoms with Gasteiger partial charge in [0, 0.05) is 24.8 Å². The monoisotopic (exact) mass is 219 g/mol. The van der Waals surface area contributed by atoms with Crippen LogP contribution >= 0.6 is 0 Å². The zero-order valence-corrected chi connectivity index (χ0v) is 9.53. The van der Waals surface area contributed by atoms with Gasteiger partial charge in [-0.3, -0.25) is 4.79 Å². The van der Waals surface area contributed by atoms with Crippen LogP contribution in [0.15, 0.2) is 24.3 Å². The lowest BCUT2D eigenvalue weighted by Crippen LogP contribution is -2.28. The molecule has 1 saturated heterocycles. The summed E-state index contributed by atoms with van der Waals surface area (Å²) in [4.78, 5) is 11.9. The van der Waals surface area contributed by atoms with Crippen molar-refractivity contribution in [3.8, 4) is 0 Å². The van der Waals surface area contributed by atoms with Crippen LogP contribution in [-0.2, 0) is 9.53 Å². The normalized spacial score (nSPS) is 17.1. The molecule has 86 valence electrons. The third-order valence-corrected chi connectivity index (χ3v) is 2.91. The van der Waals surface area contributed by atoms with Crippen LogP contribution in [0.25, 0.3) is 0 Å². The molecule has 2 rings (SSSR count). The van der Waals surface area contributed by atoms with Gasteiger partial charge in [-0.25, -0.2) is 0 Å². The van der Waals surface area contributed by atoms with Gasteiger partial charge in [-0.15, -0.1) is 0 Å². The van der Waals surface area contributed by atoms with Gasteiger partial charge in [0.15, 0.2) is 0 Å². The lowest BCUT2D eigenvalue weighted by molar-refractivity contribution is -0.122. The predicted octanol–water partition coefficient (Wildman–Crippen LogP) is 2.36. The zero-order valence-electron chi connectivity index (χ0n) is 9.53. The van der Waals surface area contributed by atoms with Crippen molar-refractivity contribution in [2.24, 2.45) is 5.92 Å². The van der Waals surface area contributed by atoms with E-state index < -0.39 is 0 Å². The number of carbonyl (C=O) groups excluding carboxylic acids is 1. The first-order valence-corrected chi connectivity index (χ1v) is 5.71. The Kier molecular flexibility index (Phi) is 3.57. The Hall–Kier alpha value is -1.35. The average molecular weight is 219 g/mol. The van der Waals surface area contributed by atoms with Gasteiger partial charge in [0.25, 0.3) is 0 Å². The summed E-state index contributed by atoms with van der Waals surface area (Å²) in [5, 5.41) is 2.94. The Morgan fingerprint density at radius 2 is 1.88 bits per heavy atom. The number of anilines is 1. The molecule has 0 atom stereocenters. The first-order chi connectivity index (χ1) is 7.75. The lowest BCUT2D eigenvalue weighted by atomic mass is 9.99. The van der Waals surface area contributed by atoms with Crippen molar-refractivity contribution in [3.05, 3.63) is 29.8 Å². The van der Waals surface area contributed by atoms with E-state index in [0.717, 1.165) is 18.5 Å². The highest BCUT2D eigenvalue weighted by Gasteiger charge is 2.21. The van der Waals surface area contributed by atoms with Crippen LogP contribution in [0.5, 0.6) is 0 Å². The van der Waals surface area contributed by atoms with Crippen LogP contribution in [0.2, 0.25) is 0 Å². The first kappa shape index (κ1) is 11.1. The van der Waals surface area contributed by atoms with Gasteiger partial charge in [-0.05, 0) is 31.9 Å². The number of rotatable bonds is 2. The van der Waals surface area contributed by atoms with E-state index in [-0.39, 0.29) is 11.8 Å². The molecular formula is C13H17NO2. The Bertz CT molecular complexity index is 353. The summed E-state index contributed by atoms with van der Waals surface area (Å²) in [7, 11) is 0. The van der Waals surface area contributed by atoms with E-state index in [1.54, 1.807) is 0 Å². The molecular weight excluding hydrogens is 202 g/mol. The number of hydrogen-bond donors (Lipinski definition) is 1. The largest absolute Gasteiger partial charge is 0.381 e. The fraction of sp³-hybridized carbons (Fsp3) is 0.462. The van der Waals surface area contributed by atoms with Crippen molar-refractivity contribution in [1.29, 1.82) is 0 Å². The average Bonchev–Trinajstić information content (AvgIpc) is 2.33. The second kappa shape index (κ2) is 5.12. The Labute approximate surface area is 95.8 Å². The topological polar surface area (TPSA) is 38.3 Å². The molecule has 1 amide bonds. The van der Waals surface area contributed by atoms with E-state index in [1.165, 1.54) is 5.56 Å². The number of hydrogen-bond acceptors (Lipinski definition) is 2. The molecule has 0 radical (unpaired) electrons. The van der Waals surface area contributed by atoms with Gasteiger partial charge in [0.1, 0.15) is 0 Å². The summed E-state index contributed by atoms with van der Waals surface area (Å²) in [6.07, 6.45) is 1.66. The van der Waals surface area contributed by atoms with E-state index in [0.29, 0.717) is 13.2 Å². The van der Waals surface area contributed by atoms with Crippen LogP contribution in [0.1, 0.15) is 18.4 Å². The number of aryl methyl sites for hydroxylation is 1. The maximum Gasteiger partial charge on any atom is 0.227 e. The summed E-state index contributed by atoms with van der Waals surface area (Å²) in [6.45, 7) is 3.43. The zero-order chi connectivity index (χ0) is 11.4. The number of nitrogens with one attached hydrogen (secondary N) is 1. The van der Waals surface area contributed by atoms with E-state index in [4.69, 9.17) is 4.74 Å². The van der Waals surface area contributed by atoms with Crippen molar-refractivity contribution < 1.29 is 9.53 Å². The maximum absolute atomic E-state index is 11.9. The SMILES string of the molecule is Cc1ccc(NC(=O)C2CCOCC2)cc1. The minimum atomic E-state index is 0.107. The quantitative estimate of drug-likeness (QED) is 0.829. The van der Waals surface area contributed by atoms with Crippen molar-refractivity contribution in [3.63, 3.8) is 0 Å². The number of ether oxygens (including phenoxy) is 1. The van der Waals surface area contributed by atoms with Crippen LogP contribution < -0.4 is 5.32 Å². The molecule has 0 unspecified atom stereocenters. The van der Waals surface area contributed by atoms with Crippen molar-refractivity contribution in [2.45, 2.75) is 19.8 Å². The Morgan fingerprint density at radius 3 is 2.50 bits per heavy atom. The fourth-order valence-corrected chi connectivity index (χ4v) is 1.84. The Balaban J connectivity index is 1.93. The maximum atomic E-state index is 11.9. The predicted molar refractivity (Wildman–Crippen MR) is 63.4 cm³/mol. The highest BCUT2D eigenvalue weighted by Crippen LogP contribution is 2.17. The van der Waals surface area contributed by atoms with Gasteiger partial charge in [0.2, 0.25) is 5.91 Å². The van der Waals surface area contributed by atoms with Crippen molar-refractivity contribution >= 4 is 11.6 Å². The molecule has 1 aromatic carbocycles. The molecule has 1 aliphatic rings. The molecule has 0 saturated carbocycles. The standard InChI is InChI=1S/C13H17NO2/c1-10-2-4-12(5-3-10)14-13(15)11-6-8-16-9-7-11/h2-5,11H,6-9H2,1H3,(H,14,15). The highest BCUT2D eigenvalue weighted by atomic mass is 16.5. The van der Waals surface area contributed by atoms with Gasteiger partial charge in [-0.2, -0.15) is 0 Å². The van der Waals surface area contributed by atoms with Crippen molar-refractivity contribution in [2.75, 3.05) is 18.5 Å². The third kappa shape index (κ3) is 2.83. The van der Waals surface area contributed by atoms with Crippen LogP contribution in [0.4, 0.5) is 5.69 Å². The minimum Gasteiger partial charge on any atom is -0.381 e. The molecule has 0 spiro atoms. The second-order valence-corrected chi connectivity index (χ2v) is 4.24. The van der Waals surface area contributed by atoms with E-state index in [1.807, 2.05) is 31.2 Å².